The molecule has 0 atom stereocenters. The number of piperazine rings is 1. The summed E-state index contributed by atoms with van der Waals surface area (Å²) < 4.78 is 2.35. The van der Waals surface area contributed by atoms with E-state index in [9.17, 15) is 5.11 Å². The van der Waals surface area contributed by atoms with Crippen LogP contribution in [0.1, 0.15) is 19.3 Å². The summed E-state index contributed by atoms with van der Waals surface area (Å²) in [5, 5.41) is 9.70. The average molecular weight is 409 g/mol. The van der Waals surface area contributed by atoms with Gasteiger partial charge in [-0.15, -0.1) is 0 Å². The number of rotatable bonds is 4. The molecule has 0 spiro atoms. The highest BCUT2D eigenvalue weighted by atomic mass is 32.2. The fraction of sp³-hybridized carbons (Fsp3) is 0.435. The van der Waals surface area contributed by atoms with E-state index in [-0.39, 0.29) is 0 Å². The molecule has 0 aromatic heterocycles. The largest absolute Gasteiger partial charge is 0.508 e. The lowest BCUT2D eigenvalue weighted by Gasteiger charge is -2.44. The molecule has 1 saturated heterocycles. The zero-order chi connectivity index (χ0) is 19.6. The van der Waals surface area contributed by atoms with E-state index in [2.05, 4.69) is 38.4 Å². The molecular formula is C23H28N4OS. The van der Waals surface area contributed by atoms with Crippen LogP contribution in [0, 0.1) is 0 Å². The summed E-state index contributed by atoms with van der Waals surface area (Å²) in [6.07, 6.45) is 4.19. The molecule has 2 aromatic rings. The Morgan fingerprint density at radius 2 is 1.69 bits per heavy atom. The molecule has 2 aromatic carbocycles. The van der Waals surface area contributed by atoms with Crippen molar-refractivity contribution < 1.29 is 5.11 Å². The second kappa shape index (κ2) is 8.28. The van der Waals surface area contributed by atoms with Crippen molar-refractivity contribution in [1.29, 1.82) is 0 Å². The van der Waals surface area contributed by atoms with Gasteiger partial charge in [0.25, 0.3) is 0 Å². The van der Waals surface area contributed by atoms with Crippen LogP contribution in [0.5, 0.6) is 5.75 Å². The van der Waals surface area contributed by atoms with Crippen molar-refractivity contribution in [2.45, 2.75) is 30.2 Å². The summed E-state index contributed by atoms with van der Waals surface area (Å²) in [7, 11) is 0. The first-order valence-electron chi connectivity index (χ1n) is 10.6. The Morgan fingerprint density at radius 1 is 0.897 bits per heavy atom. The van der Waals surface area contributed by atoms with Crippen molar-refractivity contribution in [1.82, 2.24) is 14.1 Å². The van der Waals surface area contributed by atoms with Gasteiger partial charge in [-0.2, -0.15) is 0 Å². The lowest BCUT2D eigenvalue weighted by Crippen LogP contribution is -2.55. The minimum absolute atomic E-state index is 0.302. The lowest BCUT2D eigenvalue weighted by molar-refractivity contribution is 0.0835. The SMILES string of the molecule is Oc1cccc(-c2ccc(SN3CCN=C3N3CCN(C4CCC4)CC3)cc2)c1. The highest BCUT2D eigenvalue weighted by molar-refractivity contribution is 7.97. The third-order valence-electron chi connectivity index (χ3n) is 6.22. The molecule has 5 rings (SSSR count). The van der Waals surface area contributed by atoms with E-state index in [4.69, 9.17) is 4.99 Å². The van der Waals surface area contributed by atoms with Gasteiger partial charge >= 0.3 is 0 Å². The second-order valence-electron chi connectivity index (χ2n) is 8.06. The molecule has 0 amide bonds. The van der Waals surface area contributed by atoms with E-state index in [1.54, 1.807) is 24.1 Å². The van der Waals surface area contributed by atoms with Gasteiger partial charge in [-0.25, -0.2) is 0 Å². The van der Waals surface area contributed by atoms with Gasteiger partial charge in [0.1, 0.15) is 5.75 Å². The summed E-state index contributed by atoms with van der Waals surface area (Å²) in [4.78, 5) is 11.2. The van der Waals surface area contributed by atoms with Crippen molar-refractivity contribution >= 4 is 17.9 Å². The molecule has 2 fully saturated rings. The van der Waals surface area contributed by atoms with Crippen molar-refractivity contribution in [2.75, 3.05) is 39.3 Å². The molecule has 152 valence electrons. The molecule has 0 radical (unpaired) electrons. The van der Waals surface area contributed by atoms with E-state index >= 15 is 0 Å². The molecule has 1 N–H and O–H groups in total. The van der Waals surface area contributed by atoms with Crippen LogP contribution in [0.2, 0.25) is 0 Å². The Hall–Kier alpha value is -2.18. The zero-order valence-corrected chi connectivity index (χ0v) is 17.5. The maximum absolute atomic E-state index is 9.70. The summed E-state index contributed by atoms with van der Waals surface area (Å²) >= 11 is 1.78. The van der Waals surface area contributed by atoms with Crippen molar-refractivity contribution in [3.63, 3.8) is 0 Å². The quantitative estimate of drug-likeness (QED) is 0.777. The fourth-order valence-electron chi connectivity index (χ4n) is 4.32. The van der Waals surface area contributed by atoms with Crippen LogP contribution in [0.4, 0.5) is 0 Å². The van der Waals surface area contributed by atoms with Gasteiger partial charge in [0.2, 0.25) is 5.96 Å². The molecule has 1 aliphatic carbocycles. The van der Waals surface area contributed by atoms with E-state index in [0.717, 1.165) is 49.3 Å². The molecule has 6 heteroatoms. The average Bonchev–Trinajstić information content (AvgIpc) is 3.16. The third-order valence-corrected chi connectivity index (χ3v) is 7.27. The molecule has 2 aliphatic heterocycles. The monoisotopic (exact) mass is 408 g/mol. The Labute approximate surface area is 177 Å². The molecule has 3 aliphatic rings. The van der Waals surface area contributed by atoms with Gasteiger partial charge in [0.05, 0.1) is 13.1 Å². The predicted octanol–water partition coefficient (Wildman–Crippen LogP) is 3.91. The number of aromatic hydroxyl groups is 1. The first kappa shape index (κ1) is 18.8. The topological polar surface area (TPSA) is 42.3 Å². The first-order chi connectivity index (χ1) is 14.3. The van der Waals surface area contributed by atoms with Gasteiger partial charge in [-0.05, 0) is 60.2 Å². The lowest BCUT2D eigenvalue weighted by atomic mass is 9.91. The normalized spacial score (nSPS) is 20.6. The van der Waals surface area contributed by atoms with Crippen LogP contribution in [0.25, 0.3) is 11.1 Å². The van der Waals surface area contributed by atoms with Crippen LogP contribution >= 0.6 is 11.9 Å². The van der Waals surface area contributed by atoms with Crippen molar-refractivity contribution in [3.8, 4) is 16.9 Å². The van der Waals surface area contributed by atoms with Crippen molar-refractivity contribution in [3.05, 3.63) is 48.5 Å². The Morgan fingerprint density at radius 3 is 2.38 bits per heavy atom. The predicted molar refractivity (Wildman–Crippen MR) is 119 cm³/mol. The smallest absolute Gasteiger partial charge is 0.207 e. The fourth-order valence-corrected chi connectivity index (χ4v) is 5.26. The number of aliphatic imine (C=N–C) groups is 1. The number of guanidine groups is 1. The number of hydrogen-bond donors (Lipinski definition) is 1. The molecule has 2 heterocycles. The molecule has 0 bridgehead atoms. The number of benzene rings is 2. The zero-order valence-electron chi connectivity index (χ0n) is 16.7. The Bertz CT molecular complexity index is 873. The molecule has 0 unspecified atom stereocenters. The van der Waals surface area contributed by atoms with Crippen molar-refractivity contribution in [2.24, 2.45) is 4.99 Å². The van der Waals surface area contributed by atoms with Gasteiger partial charge in [0, 0.05) is 37.1 Å². The van der Waals surface area contributed by atoms with Gasteiger partial charge in [-0.3, -0.25) is 14.2 Å². The summed E-state index contributed by atoms with van der Waals surface area (Å²) in [6, 6.07) is 16.8. The molecule has 29 heavy (non-hydrogen) atoms. The molecular weight excluding hydrogens is 380 g/mol. The number of hydrogen-bond acceptors (Lipinski definition) is 6. The highest BCUT2D eigenvalue weighted by Gasteiger charge is 2.31. The minimum Gasteiger partial charge on any atom is -0.508 e. The number of phenols is 1. The second-order valence-corrected chi connectivity index (χ2v) is 9.15. The summed E-state index contributed by atoms with van der Waals surface area (Å²) in [5.41, 5.74) is 2.15. The third kappa shape index (κ3) is 4.09. The van der Waals surface area contributed by atoms with Crippen LogP contribution in [-0.4, -0.2) is 70.5 Å². The van der Waals surface area contributed by atoms with Gasteiger partial charge in [0.15, 0.2) is 0 Å². The maximum Gasteiger partial charge on any atom is 0.207 e. The van der Waals surface area contributed by atoms with Gasteiger partial charge in [-0.1, -0.05) is 30.7 Å². The number of nitrogens with zero attached hydrogens (tertiary/aromatic N) is 4. The van der Waals surface area contributed by atoms with Crippen LogP contribution < -0.4 is 0 Å². The standard InChI is InChI=1S/C23H28N4OS/c28-21-6-1-3-19(17-21)18-7-9-22(10-8-18)29-27-12-11-24-23(27)26-15-13-25(14-16-26)20-4-2-5-20/h1,3,6-10,17,20,28H,2,4-5,11-16H2. The summed E-state index contributed by atoms with van der Waals surface area (Å²) in [6.45, 7) is 6.36. The van der Waals surface area contributed by atoms with E-state index < -0.39 is 0 Å². The van der Waals surface area contributed by atoms with E-state index in [1.807, 2.05) is 12.1 Å². The molecule has 1 saturated carbocycles. The summed E-state index contributed by atoms with van der Waals surface area (Å²) in [5.74, 6) is 1.46. The van der Waals surface area contributed by atoms with Crippen LogP contribution in [0.15, 0.2) is 58.4 Å². The highest BCUT2D eigenvalue weighted by Crippen LogP contribution is 2.31. The van der Waals surface area contributed by atoms with Crippen LogP contribution in [-0.2, 0) is 0 Å². The number of phenolic OH excluding ortho intramolecular Hbond substituents is 1. The first-order valence-corrected chi connectivity index (χ1v) is 11.4. The van der Waals surface area contributed by atoms with E-state index in [1.165, 1.54) is 37.2 Å². The molecule has 5 nitrogen and oxygen atoms in total. The Kier molecular flexibility index (Phi) is 5.38. The minimum atomic E-state index is 0.302. The van der Waals surface area contributed by atoms with E-state index in [0.29, 0.717) is 5.75 Å². The van der Waals surface area contributed by atoms with Gasteiger partial charge < -0.3 is 10.0 Å². The van der Waals surface area contributed by atoms with Crippen LogP contribution in [0.3, 0.4) is 0 Å². The maximum atomic E-state index is 9.70. The Balaban J connectivity index is 1.21.